The third kappa shape index (κ3) is 3.93. The van der Waals surface area contributed by atoms with Crippen LogP contribution >= 0.6 is 12.2 Å². The van der Waals surface area contributed by atoms with Crippen LogP contribution in [0.3, 0.4) is 0 Å². The largest absolute Gasteiger partial charge is 0.361 e. The molecule has 20 heavy (non-hydrogen) atoms. The smallest absolute Gasteiger partial charge is 0.170 e. The van der Waals surface area contributed by atoms with Gasteiger partial charge in [0.2, 0.25) is 0 Å². The number of thiocarbonyl (C=S) groups is 1. The van der Waals surface area contributed by atoms with Crippen LogP contribution in [0.2, 0.25) is 0 Å². The van der Waals surface area contributed by atoms with Crippen LogP contribution in [0.5, 0.6) is 0 Å². The van der Waals surface area contributed by atoms with Gasteiger partial charge in [-0.15, -0.1) is 0 Å². The summed E-state index contributed by atoms with van der Waals surface area (Å²) in [6.45, 7) is 9.72. The average molecular weight is 291 g/mol. The molecule has 0 spiro atoms. The SMILES string of the molecule is CCN1CCCC1CNC(=S)Nc1ccc(C)cc1C. The summed E-state index contributed by atoms with van der Waals surface area (Å²) in [6.07, 6.45) is 2.57. The summed E-state index contributed by atoms with van der Waals surface area (Å²) in [5, 5.41) is 7.38. The van der Waals surface area contributed by atoms with E-state index in [0.29, 0.717) is 6.04 Å². The van der Waals surface area contributed by atoms with E-state index in [-0.39, 0.29) is 0 Å². The van der Waals surface area contributed by atoms with Gasteiger partial charge in [-0.1, -0.05) is 24.6 Å². The van der Waals surface area contributed by atoms with Crippen LogP contribution in [0.1, 0.15) is 30.9 Å². The molecule has 0 saturated carbocycles. The molecule has 1 fully saturated rings. The first-order valence-corrected chi connectivity index (χ1v) is 7.87. The van der Waals surface area contributed by atoms with Gasteiger partial charge < -0.3 is 10.6 Å². The van der Waals surface area contributed by atoms with Gasteiger partial charge in [0.05, 0.1) is 0 Å². The van der Waals surface area contributed by atoms with E-state index in [1.54, 1.807) is 0 Å². The number of nitrogens with zero attached hydrogens (tertiary/aromatic N) is 1. The molecule has 2 rings (SSSR count). The molecule has 0 radical (unpaired) electrons. The zero-order valence-corrected chi connectivity index (χ0v) is 13.5. The number of aryl methyl sites for hydroxylation is 2. The Morgan fingerprint density at radius 1 is 1.40 bits per heavy atom. The maximum absolute atomic E-state index is 5.40. The molecule has 1 aliphatic heterocycles. The van der Waals surface area contributed by atoms with E-state index in [1.165, 1.54) is 30.5 Å². The van der Waals surface area contributed by atoms with Gasteiger partial charge in [-0.2, -0.15) is 0 Å². The molecule has 4 heteroatoms. The van der Waals surface area contributed by atoms with Crippen molar-refractivity contribution >= 4 is 23.0 Å². The van der Waals surface area contributed by atoms with Crippen molar-refractivity contribution in [2.24, 2.45) is 0 Å². The molecule has 1 aliphatic rings. The van der Waals surface area contributed by atoms with Crippen LogP contribution in [0, 0.1) is 13.8 Å². The van der Waals surface area contributed by atoms with Crippen molar-refractivity contribution in [1.29, 1.82) is 0 Å². The van der Waals surface area contributed by atoms with Crippen LogP contribution in [0.25, 0.3) is 0 Å². The molecule has 0 bridgehead atoms. The van der Waals surface area contributed by atoms with Crippen molar-refractivity contribution in [2.75, 3.05) is 25.0 Å². The van der Waals surface area contributed by atoms with Crippen LogP contribution < -0.4 is 10.6 Å². The average Bonchev–Trinajstić information content (AvgIpc) is 2.87. The van der Waals surface area contributed by atoms with Gasteiger partial charge in [0, 0.05) is 18.3 Å². The molecule has 1 heterocycles. The van der Waals surface area contributed by atoms with Crippen LogP contribution in [-0.2, 0) is 0 Å². The van der Waals surface area contributed by atoms with Gasteiger partial charge in [0.15, 0.2) is 5.11 Å². The van der Waals surface area contributed by atoms with Gasteiger partial charge >= 0.3 is 0 Å². The zero-order chi connectivity index (χ0) is 14.5. The second-order valence-corrected chi connectivity index (χ2v) is 5.99. The highest BCUT2D eigenvalue weighted by Gasteiger charge is 2.22. The Balaban J connectivity index is 1.83. The predicted octanol–water partition coefficient (Wildman–Crippen LogP) is 3.07. The molecular formula is C16H25N3S. The number of benzene rings is 1. The first-order chi connectivity index (χ1) is 9.60. The Morgan fingerprint density at radius 2 is 2.20 bits per heavy atom. The Bertz CT molecular complexity index is 473. The fourth-order valence-corrected chi connectivity index (χ4v) is 3.07. The molecule has 110 valence electrons. The highest BCUT2D eigenvalue weighted by molar-refractivity contribution is 7.80. The van der Waals surface area contributed by atoms with Gasteiger partial charge in [-0.05, 0) is 63.6 Å². The Morgan fingerprint density at radius 3 is 2.90 bits per heavy atom. The lowest BCUT2D eigenvalue weighted by Crippen LogP contribution is -2.41. The molecule has 0 amide bonds. The monoisotopic (exact) mass is 291 g/mol. The van der Waals surface area contributed by atoms with E-state index >= 15 is 0 Å². The lowest BCUT2D eigenvalue weighted by Gasteiger charge is -2.23. The van der Waals surface area contributed by atoms with Gasteiger partial charge in [0.25, 0.3) is 0 Å². The highest BCUT2D eigenvalue weighted by atomic mass is 32.1. The summed E-state index contributed by atoms with van der Waals surface area (Å²) < 4.78 is 0. The topological polar surface area (TPSA) is 27.3 Å². The molecule has 1 saturated heterocycles. The minimum atomic E-state index is 0.624. The number of hydrogen-bond donors (Lipinski definition) is 2. The maximum Gasteiger partial charge on any atom is 0.170 e. The Hall–Kier alpha value is -1.13. The minimum Gasteiger partial charge on any atom is -0.361 e. The summed E-state index contributed by atoms with van der Waals surface area (Å²) >= 11 is 5.40. The van der Waals surface area contributed by atoms with Crippen LogP contribution in [0.4, 0.5) is 5.69 Å². The van der Waals surface area contributed by atoms with Crippen LogP contribution in [-0.4, -0.2) is 35.7 Å². The Labute approximate surface area is 127 Å². The fraction of sp³-hybridized carbons (Fsp3) is 0.562. The first kappa shape index (κ1) is 15.3. The molecular weight excluding hydrogens is 266 g/mol. The van der Waals surface area contributed by atoms with Crippen molar-refractivity contribution in [1.82, 2.24) is 10.2 Å². The normalized spacial score (nSPS) is 19.1. The molecule has 0 aromatic heterocycles. The first-order valence-electron chi connectivity index (χ1n) is 7.46. The summed E-state index contributed by atoms with van der Waals surface area (Å²) in [4.78, 5) is 2.52. The minimum absolute atomic E-state index is 0.624. The van der Waals surface area contributed by atoms with Gasteiger partial charge in [0.1, 0.15) is 0 Å². The maximum atomic E-state index is 5.40. The third-order valence-electron chi connectivity index (χ3n) is 4.03. The molecule has 1 atom stereocenters. The van der Waals surface area contributed by atoms with E-state index in [2.05, 4.69) is 54.5 Å². The summed E-state index contributed by atoms with van der Waals surface area (Å²) in [6, 6.07) is 6.99. The van der Waals surface area contributed by atoms with E-state index < -0.39 is 0 Å². The molecule has 1 unspecified atom stereocenters. The summed E-state index contributed by atoms with van der Waals surface area (Å²) in [5.74, 6) is 0. The van der Waals surface area contributed by atoms with E-state index in [4.69, 9.17) is 12.2 Å². The number of anilines is 1. The molecule has 2 N–H and O–H groups in total. The third-order valence-corrected chi connectivity index (χ3v) is 4.28. The van der Waals surface area contributed by atoms with Crippen molar-refractivity contribution in [3.8, 4) is 0 Å². The standard InChI is InChI=1S/C16H25N3S/c1-4-19-9-5-6-14(19)11-17-16(20)18-15-8-7-12(2)10-13(15)3/h7-8,10,14H,4-6,9,11H2,1-3H3,(H2,17,18,20). The molecule has 1 aromatic carbocycles. The molecule has 1 aromatic rings. The van der Waals surface area contributed by atoms with Gasteiger partial charge in [-0.3, -0.25) is 4.90 Å². The lowest BCUT2D eigenvalue weighted by atomic mass is 10.1. The van der Waals surface area contributed by atoms with Crippen molar-refractivity contribution in [2.45, 2.75) is 39.7 Å². The fourth-order valence-electron chi connectivity index (χ4n) is 2.87. The lowest BCUT2D eigenvalue weighted by molar-refractivity contribution is 0.267. The number of nitrogens with one attached hydrogen (secondary N) is 2. The Kier molecular flexibility index (Phi) is 5.38. The van der Waals surface area contributed by atoms with E-state index in [1.807, 2.05) is 0 Å². The van der Waals surface area contributed by atoms with E-state index in [9.17, 15) is 0 Å². The van der Waals surface area contributed by atoms with Gasteiger partial charge in [-0.25, -0.2) is 0 Å². The van der Waals surface area contributed by atoms with Crippen LogP contribution in [0.15, 0.2) is 18.2 Å². The predicted molar refractivity (Wildman–Crippen MR) is 90.4 cm³/mol. The number of likely N-dealkylation sites (N-methyl/N-ethyl adjacent to an activating group) is 1. The number of rotatable bonds is 4. The second kappa shape index (κ2) is 7.04. The highest BCUT2D eigenvalue weighted by Crippen LogP contribution is 2.17. The van der Waals surface area contributed by atoms with E-state index in [0.717, 1.165) is 23.9 Å². The van der Waals surface area contributed by atoms with Crippen molar-refractivity contribution in [3.63, 3.8) is 0 Å². The van der Waals surface area contributed by atoms with Crippen molar-refractivity contribution in [3.05, 3.63) is 29.3 Å². The number of hydrogen-bond acceptors (Lipinski definition) is 2. The van der Waals surface area contributed by atoms with Crippen molar-refractivity contribution < 1.29 is 0 Å². The molecule has 3 nitrogen and oxygen atoms in total. The summed E-state index contributed by atoms with van der Waals surface area (Å²) in [5.41, 5.74) is 3.59. The zero-order valence-electron chi connectivity index (χ0n) is 12.7. The second-order valence-electron chi connectivity index (χ2n) is 5.58. The molecule has 0 aliphatic carbocycles. The quantitative estimate of drug-likeness (QED) is 0.834. The number of likely N-dealkylation sites (tertiary alicyclic amines) is 1. The summed E-state index contributed by atoms with van der Waals surface area (Å²) in [7, 11) is 0.